The molecule has 31 heavy (non-hydrogen) atoms. The molecule has 7 nitrogen and oxygen atoms in total. The van der Waals surface area contributed by atoms with Crippen molar-refractivity contribution in [3.05, 3.63) is 35.7 Å². The number of fused-ring (bicyclic) bond motifs is 1. The molecule has 0 saturated carbocycles. The SMILES string of the molecule is CSc1cc(NC(=O)c2c(N3CCCC(F)(F)CC3)nc3c(cnn3C)c2C)ccn1. The van der Waals surface area contributed by atoms with Crippen molar-refractivity contribution in [3.63, 3.8) is 0 Å². The lowest BCUT2D eigenvalue weighted by Gasteiger charge is -2.25. The summed E-state index contributed by atoms with van der Waals surface area (Å²) in [5.74, 6) is -2.61. The summed E-state index contributed by atoms with van der Waals surface area (Å²) in [7, 11) is 1.77. The first kappa shape index (κ1) is 21.5. The molecule has 1 aliphatic heterocycles. The molecule has 164 valence electrons. The van der Waals surface area contributed by atoms with E-state index in [1.165, 1.54) is 11.8 Å². The Morgan fingerprint density at radius 1 is 1.29 bits per heavy atom. The van der Waals surface area contributed by atoms with Crippen LogP contribution in [-0.2, 0) is 7.05 Å². The molecule has 1 N–H and O–H groups in total. The van der Waals surface area contributed by atoms with E-state index in [0.29, 0.717) is 35.7 Å². The summed E-state index contributed by atoms with van der Waals surface area (Å²) in [5, 5.41) is 8.73. The summed E-state index contributed by atoms with van der Waals surface area (Å²) in [6, 6.07) is 3.51. The fraction of sp³-hybridized carbons (Fsp3) is 0.429. The molecule has 4 rings (SSSR count). The van der Waals surface area contributed by atoms with Crippen LogP contribution in [0.5, 0.6) is 0 Å². The molecule has 3 aromatic heterocycles. The van der Waals surface area contributed by atoms with Crippen molar-refractivity contribution in [2.75, 3.05) is 29.6 Å². The Balaban J connectivity index is 1.78. The van der Waals surface area contributed by atoms with E-state index < -0.39 is 5.92 Å². The standard InChI is InChI=1S/C21H24F2N6OS/c1-13-15-12-25-28(2)18(15)27-19(29-9-4-6-21(22,23)7-10-29)17(13)20(30)26-14-5-8-24-16(11-14)31-3/h5,8,11-12H,4,6-7,9-10H2,1-3H3,(H,24,26,30). The zero-order valence-corrected chi connectivity index (χ0v) is 18.5. The first-order valence-corrected chi connectivity index (χ1v) is 11.3. The molecule has 4 heterocycles. The number of pyridine rings is 2. The molecule has 1 amide bonds. The van der Waals surface area contributed by atoms with Gasteiger partial charge in [-0.25, -0.2) is 18.7 Å². The average Bonchev–Trinajstić information content (AvgIpc) is 3.01. The first-order valence-electron chi connectivity index (χ1n) is 10.1. The van der Waals surface area contributed by atoms with Gasteiger partial charge in [0.25, 0.3) is 5.91 Å². The van der Waals surface area contributed by atoms with E-state index >= 15 is 0 Å². The molecular weight excluding hydrogens is 422 g/mol. The Hall–Kier alpha value is -2.75. The van der Waals surface area contributed by atoms with Crippen molar-refractivity contribution in [2.24, 2.45) is 7.05 Å². The minimum absolute atomic E-state index is 0.134. The number of thioether (sulfide) groups is 1. The van der Waals surface area contributed by atoms with Crippen LogP contribution >= 0.6 is 11.8 Å². The Morgan fingerprint density at radius 2 is 2.10 bits per heavy atom. The molecule has 3 aromatic rings. The predicted molar refractivity (Wildman–Crippen MR) is 118 cm³/mol. The van der Waals surface area contributed by atoms with Crippen LogP contribution in [0.25, 0.3) is 11.0 Å². The van der Waals surface area contributed by atoms with E-state index in [4.69, 9.17) is 4.98 Å². The van der Waals surface area contributed by atoms with Gasteiger partial charge in [0.05, 0.1) is 16.8 Å². The van der Waals surface area contributed by atoms with Crippen LogP contribution in [0.1, 0.15) is 35.2 Å². The number of aryl methyl sites for hydroxylation is 2. The van der Waals surface area contributed by atoms with Gasteiger partial charge >= 0.3 is 0 Å². The molecule has 0 aromatic carbocycles. The molecule has 1 saturated heterocycles. The first-order chi connectivity index (χ1) is 14.8. The number of nitrogens with zero attached hydrogens (tertiary/aromatic N) is 5. The van der Waals surface area contributed by atoms with Crippen molar-refractivity contribution in [3.8, 4) is 0 Å². The third kappa shape index (κ3) is 4.34. The van der Waals surface area contributed by atoms with E-state index in [0.717, 1.165) is 16.0 Å². The second-order valence-corrected chi connectivity index (χ2v) is 8.50. The molecule has 10 heteroatoms. The van der Waals surface area contributed by atoms with Crippen LogP contribution in [0.2, 0.25) is 0 Å². The highest BCUT2D eigenvalue weighted by Gasteiger charge is 2.34. The predicted octanol–water partition coefficient (Wildman–Crippen LogP) is 4.27. The number of anilines is 2. The Labute approximate surface area is 183 Å². The summed E-state index contributed by atoms with van der Waals surface area (Å²) < 4.78 is 29.6. The molecule has 0 aliphatic carbocycles. The van der Waals surface area contributed by atoms with Gasteiger partial charge in [-0.1, -0.05) is 0 Å². The van der Waals surface area contributed by atoms with Crippen LogP contribution < -0.4 is 10.2 Å². The Morgan fingerprint density at radius 3 is 2.87 bits per heavy atom. The number of rotatable bonds is 4. The molecule has 0 spiro atoms. The highest BCUT2D eigenvalue weighted by Crippen LogP contribution is 2.34. The van der Waals surface area contributed by atoms with Gasteiger partial charge in [-0.05, 0) is 37.3 Å². The van der Waals surface area contributed by atoms with Gasteiger partial charge in [0, 0.05) is 50.2 Å². The Kier molecular flexibility index (Phi) is 5.83. The maximum atomic E-state index is 14.0. The average molecular weight is 447 g/mol. The van der Waals surface area contributed by atoms with Crippen LogP contribution in [-0.4, -0.2) is 50.9 Å². The second-order valence-electron chi connectivity index (χ2n) is 7.68. The highest BCUT2D eigenvalue weighted by molar-refractivity contribution is 7.98. The number of nitrogens with one attached hydrogen (secondary N) is 1. The van der Waals surface area contributed by atoms with E-state index in [1.54, 1.807) is 41.2 Å². The van der Waals surface area contributed by atoms with Gasteiger partial charge in [-0.2, -0.15) is 5.10 Å². The zero-order chi connectivity index (χ0) is 22.2. The maximum Gasteiger partial charge on any atom is 0.259 e. The van der Waals surface area contributed by atoms with Crippen molar-refractivity contribution < 1.29 is 13.6 Å². The fourth-order valence-corrected chi connectivity index (χ4v) is 4.27. The lowest BCUT2D eigenvalue weighted by Crippen LogP contribution is -2.30. The van der Waals surface area contributed by atoms with Crippen LogP contribution in [0, 0.1) is 6.92 Å². The minimum Gasteiger partial charge on any atom is -0.356 e. The van der Waals surface area contributed by atoms with Crippen molar-refractivity contribution in [1.29, 1.82) is 0 Å². The summed E-state index contributed by atoms with van der Waals surface area (Å²) >= 11 is 1.48. The number of amides is 1. The molecule has 0 radical (unpaired) electrons. The highest BCUT2D eigenvalue weighted by atomic mass is 32.2. The van der Waals surface area contributed by atoms with E-state index in [2.05, 4.69) is 15.4 Å². The molecule has 0 atom stereocenters. The number of hydrogen-bond donors (Lipinski definition) is 1. The normalized spacial score (nSPS) is 16.4. The lowest BCUT2D eigenvalue weighted by molar-refractivity contribution is -0.0102. The third-order valence-corrected chi connectivity index (χ3v) is 6.21. The molecule has 1 aliphatic rings. The number of alkyl halides is 2. The fourth-order valence-electron chi connectivity index (χ4n) is 3.86. The van der Waals surface area contributed by atoms with E-state index in [1.807, 2.05) is 13.2 Å². The van der Waals surface area contributed by atoms with Gasteiger partial charge in [0.15, 0.2) is 5.65 Å². The molecule has 0 bridgehead atoms. The summed E-state index contributed by atoms with van der Waals surface area (Å²) in [4.78, 5) is 24.1. The van der Waals surface area contributed by atoms with Gasteiger partial charge in [0.2, 0.25) is 5.92 Å². The molecular formula is C21H24F2N6OS. The Bertz CT molecular complexity index is 1130. The number of carbonyl (C=O) groups excluding carboxylic acids is 1. The van der Waals surface area contributed by atoms with Crippen LogP contribution in [0.15, 0.2) is 29.6 Å². The zero-order valence-electron chi connectivity index (χ0n) is 17.7. The van der Waals surface area contributed by atoms with Crippen LogP contribution in [0.4, 0.5) is 20.3 Å². The van der Waals surface area contributed by atoms with Gasteiger partial charge in [-0.15, -0.1) is 11.8 Å². The number of hydrogen-bond acceptors (Lipinski definition) is 6. The minimum atomic E-state index is -2.70. The van der Waals surface area contributed by atoms with E-state index in [9.17, 15) is 13.6 Å². The van der Waals surface area contributed by atoms with Crippen molar-refractivity contribution >= 4 is 40.2 Å². The van der Waals surface area contributed by atoms with Gasteiger partial charge in [0.1, 0.15) is 5.82 Å². The summed E-state index contributed by atoms with van der Waals surface area (Å²) in [6.07, 6.45) is 5.12. The van der Waals surface area contributed by atoms with Crippen molar-refractivity contribution in [2.45, 2.75) is 37.1 Å². The quantitative estimate of drug-likeness (QED) is 0.603. The summed E-state index contributed by atoms with van der Waals surface area (Å²) in [6.45, 7) is 2.39. The number of carbonyl (C=O) groups is 1. The monoisotopic (exact) mass is 446 g/mol. The number of halogens is 2. The van der Waals surface area contributed by atoms with Gasteiger partial charge in [-0.3, -0.25) is 9.48 Å². The topological polar surface area (TPSA) is 75.9 Å². The van der Waals surface area contributed by atoms with Crippen LogP contribution in [0.3, 0.4) is 0 Å². The largest absolute Gasteiger partial charge is 0.356 e. The van der Waals surface area contributed by atoms with E-state index in [-0.39, 0.29) is 25.3 Å². The smallest absolute Gasteiger partial charge is 0.259 e. The summed E-state index contributed by atoms with van der Waals surface area (Å²) in [5.41, 5.74) is 2.34. The number of aromatic nitrogens is 4. The molecule has 0 unspecified atom stereocenters. The lowest BCUT2D eigenvalue weighted by atomic mass is 10.1. The van der Waals surface area contributed by atoms with Gasteiger partial charge < -0.3 is 10.2 Å². The third-order valence-electron chi connectivity index (χ3n) is 5.57. The van der Waals surface area contributed by atoms with Crippen molar-refractivity contribution in [1.82, 2.24) is 19.7 Å². The second kappa shape index (κ2) is 8.41. The molecule has 1 fully saturated rings. The maximum absolute atomic E-state index is 14.0.